The number of hydrogen-bond donors (Lipinski definition) is 0. The Morgan fingerprint density at radius 1 is 1.50 bits per heavy atom. The number of allylic oxidation sites excluding steroid dienone is 1. The zero-order valence-corrected chi connectivity index (χ0v) is 8.58. The van der Waals surface area contributed by atoms with Gasteiger partial charge in [-0.2, -0.15) is 0 Å². The summed E-state index contributed by atoms with van der Waals surface area (Å²) >= 11 is 3.52. The summed E-state index contributed by atoms with van der Waals surface area (Å²) in [6.07, 6.45) is 5.09. The maximum absolute atomic E-state index is 3.86. The van der Waals surface area contributed by atoms with Crippen LogP contribution in [0.25, 0.3) is 0 Å². The lowest BCUT2D eigenvalue weighted by atomic mass is 10.1. The molecule has 0 N–H and O–H groups in total. The second kappa shape index (κ2) is 5.96. The monoisotopic (exact) mass is 204 g/mol. The average Bonchev–Trinajstić information content (AvgIpc) is 1.79. The highest BCUT2D eigenvalue weighted by molar-refractivity contribution is 9.09. The van der Waals surface area contributed by atoms with Gasteiger partial charge in [0.25, 0.3) is 0 Å². The first-order valence-electron chi connectivity index (χ1n) is 3.91. The summed E-state index contributed by atoms with van der Waals surface area (Å²) in [6, 6.07) is 0. The molecular formula is C9H17Br. The third kappa shape index (κ3) is 8.22. The molecule has 0 saturated heterocycles. The molecule has 0 fully saturated rings. The highest BCUT2D eigenvalue weighted by atomic mass is 79.9. The first kappa shape index (κ1) is 10.2. The van der Waals surface area contributed by atoms with E-state index >= 15 is 0 Å². The van der Waals surface area contributed by atoms with Crippen molar-refractivity contribution in [2.45, 2.75) is 44.4 Å². The zero-order valence-electron chi connectivity index (χ0n) is 6.99. The van der Waals surface area contributed by atoms with E-state index < -0.39 is 0 Å². The maximum atomic E-state index is 3.86. The van der Waals surface area contributed by atoms with Gasteiger partial charge in [-0.05, 0) is 26.2 Å². The van der Waals surface area contributed by atoms with Gasteiger partial charge in [-0.15, -0.1) is 6.58 Å². The van der Waals surface area contributed by atoms with Gasteiger partial charge in [0.1, 0.15) is 0 Å². The van der Waals surface area contributed by atoms with Gasteiger partial charge in [0.05, 0.1) is 0 Å². The number of unbranched alkanes of at least 4 members (excludes halogenated alkanes) is 1. The summed E-state index contributed by atoms with van der Waals surface area (Å²) in [5.41, 5.74) is 1.31. The van der Waals surface area contributed by atoms with Crippen molar-refractivity contribution >= 4 is 15.9 Å². The van der Waals surface area contributed by atoms with Crippen molar-refractivity contribution in [3.05, 3.63) is 12.2 Å². The zero-order chi connectivity index (χ0) is 7.98. The highest BCUT2D eigenvalue weighted by Gasteiger charge is 1.94. The smallest absolute Gasteiger partial charge is 0.0117 e. The second-order valence-corrected chi connectivity index (χ2v) is 4.55. The minimum atomic E-state index is 0.678. The van der Waals surface area contributed by atoms with Crippen LogP contribution in [0.1, 0.15) is 39.5 Å². The van der Waals surface area contributed by atoms with Crippen molar-refractivity contribution < 1.29 is 0 Å². The van der Waals surface area contributed by atoms with E-state index in [-0.39, 0.29) is 0 Å². The standard InChI is InChI=1S/C9H17Br/c1-8(2)6-4-5-7-9(3)10/h9H,1,4-7H2,2-3H3. The van der Waals surface area contributed by atoms with Gasteiger partial charge in [-0.1, -0.05) is 34.8 Å². The predicted molar refractivity (Wildman–Crippen MR) is 51.7 cm³/mol. The fourth-order valence-electron chi connectivity index (χ4n) is 0.852. The third-order valence-electron chi connectivity index (χ3n) is 1.46. The summed E-state index contributed by atoms with van der Waals surface area (Å²) in [5, 5.41) is 0. The molecule has 0 aromatic rings. The van der Waals surface area contributed by atoms with E-state index in [2.05, 4.69) is 36.4 Å². The highest BCUT2D eigenvalue weighted by Crippen LogP contribution is 2.11. The Balaban J connectivity index is 2.98. The van der Waals surface area contributed by atoms with Crippen LogP contribution in [0, 0.1) is 0 Å². The second-order valence-electron chi connectivity index (χ2n) is 2.98. The molecule has 0 nitrogen and oxygen atoms in total. The first-order chi connectivity index (χ1) is 4.63. The van der Waals surface area contributed by atoms with E-state index in [9.17, 15) is 0 Å². The SMILES string of the molecule is C=C(C)CCCCC(C)Br. The van der Waals surface area contributed by atoms with Gasteiger partial charge in [0.2, 0.25) is 0 Å². The molecule has 0 aliphatic carbocycles. The molecule has 1 heteroatoms. The molecule has 0 spiro atoms. The van der Waals surface area contributed by atoms with E-state index in [4.69, 9.17) is 0 Å². The van der Waals surface area contributed by atoms with E-state index in [1.54, 1.807) is 0 Å². The maximum Gasteiger partial charge on any atom is 0.0117 e. The Hall–Kier alpha value is 0.220. The first-order valence-corrected chi connectivity index (χ1v) is 4.83. The number of halogens is 1. The molecule has 1 atom stereocenters. The van der Waals surface area contributed by atoms with Crippen molar-refractivity contribution in [2.24, 2.45) is 0 Å². The van der Waals surface area contributed by atoms with Crippen molar-refractivity contribution in [3.63, 3.8) is 0 Å². The number of hydrogen-bond acceptors (Lipinski definition) is 0. The van der Waals surface area contributed by atoms with E-state index in [0.717, 1.165) is 0 Å². The van der Waals surface area contributed by atoms with Crippen molar-refractivity contribution in [1.29, 1.82) is 0 Å². The molecule has 0 heterocycles. The van der Waals surface area contributed by atoms with Gasteiger partial charge < -0.3 is 0 Å². The van der Waals surface area contributed by atoms with Gasteiger partial charge in [-0.25, -0.2) is 0 Å². The number of alkyl halides is 1. The number of rotatable bonds is 5. The van der Waals surface area contributed by atoms with E-state index in [1.165, 1.54) is 31.3 Å². The van der Waals surface area contributed by atoms with Crippen LogP contribution < -0.4 is 0 Å². The molecule has 1 unspecified atom stereocenters. The predicted octanol–water partition coefficient (Wildman–Crippen LogP) is 3.91. The topological polar surface area (TPSA) is 0 Å². The lowest BCUT2D eigenvalue weighted by Crippen LogP contribution is -1.89. The Kier molecular flexibility index (Phi) is 6.10. The normalized spacial score (nSPS) is 13.1. The minimum absolute atomic E-state index is 0.678. The molecule has 0 radical (unpaired) electrons. The Morgan fingerprint density at radius 3 is 2.50 bits per heavy atom. The van der Waals surface area contributed by atoms with Crippen LogP contribution in [0.5, 0.6) is 0 Å². The minimum Gasteiger partial charge on any atom is -0.100 e. The van der Waals surface area contributed by atoms with Crippen LogP contribution in [-0.2, 0) is 0 Å². The Bertz CT molecular complexity index is 94.9. The van der Waals surface area contributed by atoms with Crippen LogP contribution in [0.15, 0.2) is 12.2 Å². The third-order valence-corrected chi connectivity index (χ3v) is 1.91. The molecule has 0 rings (SSSR count). The molecule has 0 aliphatic heterocycles. The van der Waals surface area contributed by atoms with Crippen LogP contribution in [-0.4, -0.2) is 4.83 Å². The van der Waals surface area contributed by atoms with Gasteiger partial charge in [0, 0.05) is 4.83 Å². The van der Waals surface area contributed by atoms with Crippen LogP contribution in [0.3, 0.4) is 0 Å². The Labute approximate surface area is 72.8 Å². The average molecular weight is 205 g/mol. The van der Waals surface area contributed by atoms with Crippen molar-refractivity contribution in [3.8, 4) is 0 Å². The summed E-state index contributed by atoms with van der Waals surface area (Å²) in [7, 11) is 0. The quantitative estimate of drug-likeness (QED) is 0.362. The molecular weight excluding hydrogens is 188 g/mol. The van der Waals surface area contributed by atoms with E-state index in [0.29, 0.717) is 4.83 Å². The molecule has 0 bridgehead atoms. The summed E-state index contributed by atoms with van der Waals surface area (Å²) in [6.45, 7) is 8.15. The van der Waals surface area contributed by atoms with Crippen molar-refractivity contribution in [1.82, 2.24) is 0 Å². The molecule has 0 saturated carbocycles. The molecule has 60 valence electrons. The Morgan fingerprint density at radius 2 is 2.10 bits per heavy atom. The van der Waals surface area contributed by atoms with Crippen molar-refractivity contribution in [2.75, 3.05) is 0 Å². The summed E-state index contributed by atoms with van der Waals surface area (Å²) in [5.74, 6) is 0. The van der Waals surface area contributed by atoms with E-state index in [1.807, 2.05) is 0 Å². The fourth-order valence-corrected chi connectivity index (χ4v) is 1.18. The molecule has 0 aromatic heterocycles. The van der Waals surface area contributed by atoms with Crippen LogP contribution in [0.4, 0.5) is 0 Å². The largest absolute Gasteiger partial charge is 0.100 e. The summed E-state index contributed by atoms with van der Waals surface area (Å²) < 4.78 is 0. The lowest BCUT2D eigenvalue weighted by Gasteiger charge is -2.01. The van der Waals surface area contributed by atoms with Gasteiger partial charge >= 0.3 is 0 Å². The summed E-state index contributed by atoms with van der Waals surface area (Å²) in [4.78, 5) is 0.678. The van der Waals surface area contributed by atoms with Crippen LogP contribution >= 0.6 is 15.9 Å². The molecule has 0 aliphatic rings. The van der Waals surface area contributed by atoms with Crippen LogP contribution in [0.2, 0.25) is 0 Å². The van der Waals surface area contributed by atoms with Gasteiger partial charge in [-0.3, -0.25) is 0 Å². The molecule has 10 heavy (non-hydrogen) atoms. The fraction of sp³-hybridized carbons (Fsp3) is 0.778. The molecule has 0 amide bonds. The van der Waals surface area contributed by atoms with Gasteiger partial charge in [0.15, 0.2) is 0 Å². The lowest BCUT2D eigenvalue weighted by molar-refractivity contribution is 0.678. The molecule has 0 aromatic carbocycles.